The Kier molecular flexibility index (Phi) is 6.15. The minimum absolute atomic E-state index is 0.109. The van der Waals surface area contributed by atoms with Crippen molar-refractivity contribution in [3.8, 4) is 0 Å². The van der Waals surface area contributed by atoms with Gasteiger partial charge in [-0.1, -0.05) is 29.8 Å². The molecule has 0 unspecified atom stereocenters. The molecule has 1 heterocycles. The fraction of sp³-hybridized carbons (Fsp3) is 0.474. The molecule has 0 aliphatic rings. The van der Waals surface area contributed by atoms with E-state index in [-0.39, 0.29) is 5.91 Å². The number of carbonyl (C=O) groups excluding carboxylic acids is 1. The van der Waals surface area contributed by atoms with E-state index in [0.29, 0.717) is 30.7 Å². The molecule has 0 saturated carbocycles. The van der Waals surface area contributed by atoms with Crippen LogP contribution in [0, 0.1) is 6.92 Å². The maximum absolute atomic E-state index is 12.1. The molecule has 2 aromatic rings. The molecule has 0 atom stereocenters. The van der Waals surface area contributed by atoms with Crippen molar-refractivity contribution in [2.45, 2.75) is 46.8 Å². The molecule has 0 aliphatic heterocycles. The molecule has 0 bridgehead atoms. The largest absolute Gasteiger partial charge is 0.447 e. The monoisotopic (exact) mass is 329 g/mol. The molecular formula is C19H27N3O2. The lowest BCUT2D eigenvalue weighted by atomic mass is 10.1. The second kappa shape index (κ2) is 8.11. The van der Waals surface area contributed by atoms with E-state index < -0.39 is 0 Å². The van der Waals surface area contributed by atoms with E-state index >= 15 is 0 Å². The zero-order valence-corrected chi connectivity index (χ0v) is 15.2. The van der Waals surface area contributed by atoms with Crippen LogP contribution in [0.1, 0.15) is 48.3 Å². The van der Waals surface area contributed by atoms with Crippen molar-refractivity contribution in [2.75, 3.05) is 13.6 Å². The Morgan fingerprint density at radius 2 is 2.04 bits per heavy atom. The lowest BCUT2D eigenvalue weighted by Gasteiger charge is -2.25. The van der Waals surface area contributed by atoms with Crippen LogP contribution in [0.25, 0.3) is 0 Å². The number of rotatable bonds is 7. The van der Waals surface area contributed by atoms with Gasteiger partial charge in [-0.2, -0.15) is 0 Å². The van der Waals surface area contributed by atoms with Gasteiger partial charge in [-0.3, -0.25) is 9.69 Å². The van der Waals surface area contributed by atoms with Crippen molar-refractivity contribution >= 4 is 5.91 Å². The fourth-order valence-electron chi connectivity index (χ4n) is 2.46. The van der Waals surface area contributed by atoms with Crippen molar-refractivity contribution in [3.05, 3.63) is 53.2 Å². The number of oxazole rings is 1. The van der Waals surface area contributed by atoms with E-state index in [2.05, 4.69) is 54.9 Å². The predicted molar refractivity (Wildman–Crippen MR) is 94.7 cm³/mol. The molecule has 1 aromatic carbocycles. The van der Waals surface area contributed by atoms with Gasteiger partial charge < -0.3 is 9.32 Å². The molecule has 0 N–H and O–H groups in total. The van der Waals surface area contributed by atoms with Crippen molar-refractivity contribution in [2.24, 2.45) is 0 Å². The molecule has 0 saturated heterocycles. The van der Waals surface area contributed by atoms with Crippen LogP contribution in [0.15, 0.2) is 34.9 Å². The van der Waals surface area contributed by atoms with Gasteiger partial charge in [-0.05, 0) is 33.3 Å². The number of hydrogen-bond donors (Lipinski definition) is 0. The fourth-order valence-corrected chi connectivity index (χ4v) is 2.46. The molecule has 1 amide bonds. The zero-order valence-electron chi connectivity index (χ0n) is 15.2. The van der Waals surface area contributed by atoms with E-state index in [9.17, 15) is 4.79 Å². The van der Waals surface area contributed by atoms with Gasteiger partial charge in [-0.15, -0.1) is 0 Å². The summed E-state index contributed by atoms with van der Waals surface area (Å²) in [6, 6.07) is 8.83. The molecule has 24 heavy (non-hydrogen) atoms. The maximum Gasteiger partial charge on any atom is 0.275 e. The van der Waals surface area contributed by atoms with Crippen LogP contribution in [0.2, 0.25) is 0 Å². The number of amides is 1. The third-order valence-electron chi connectivity index (χ3n) is 4.13. The number of nitrogens with zero attached hydrogens (tertiary/aromatic N) is 3. The normalized spacial score (nSPS) is 11.3. The number of aryl methyl sites for hydroxylation is 1. The first-order valence-corrected chi connectivity index (χ1v) is 8.40. The molecule has 0 spiro atoms. The van der Waals surface area contributed by atoms with E-state index in [0.717, 1.165) is 6.54 Å². The Bertz CT molecular complexity index is 679. The summed E-state index contributed by atoms with van der Waals surface area (Å²) in [6.45, 7) is 10.4. The molecule has 0 radical (unpaired) electrons. The Morgan fingerprint density at radius 1 is 1.29 bits per heavy atom. The average Bonchev–Trinajstić information content (AvgIpc) is 3.01. The van der Waals surface area contributed by atoms with Crippen LogP contribution < -0.4 is 0 Å². The topological polar surface area (TPSA) is 49.6 Å². The van der Waals surface area contributed by atoms with Crippen LogP contribution in [0.3, 0.4) is 0 Å². The summed E-state index contributed by atoms with van der Waals surface area (Å²) in [5, 5.41) is 0. The van der Waals surface area contributed by atoms with E-state index in [1.54, 1.807) is 11.9 Å². The van der Waals surface area contributed by atoms with Gasteiger partial charge in [0, 0.05) is 26.2 Å². The average molecular weight is 329 g/mol. The molecule has 5 heteroatoms. The molecule has 0 aliphatic carbocycles. The second-order valence-electron chi connectivity index (χ2n) is 6.43. The Morgan fingerprint density at radius 3 is 2.67 bits per heavy atom. The van der Waals surface area contributed by atoms with Gasteiger partial charge >= 0.3 is 0 Å². The number of hydrogen-bond acceptors (Lipinski definition) is 4. The van der Waals surface area contributed by atoms with Gasteiger partial charge in [0.1, 0.15) is 6.26 Å². The number of aromatic nitrogens is 1. The summed E-state index contributed by atoms with van der Waals surface area (Å²) in [5.41, 5.74) is 2.88. The van der Waals surface area contributed by atoms with Gasteiger partial charge in [0.2, 0.25) is 5.89 Å². The Balaban J connectivity index is 2.08. The van der Waals surface area contributed by atoms with Crippen molar-refractivity contribution < 1.29 is 9.21 Å². The van der Waals surface area contributed by atoms with Crippen LogP contribution in [0.4, 0.5) is 0 Å². The first-order valence-electron chi connectivity index (χ1n) is 8.40. The number of benzene rings is 1. The smallest absolute Gasteiger partial charge is 0.275 e. The van der Waals surface area contributed by atoms with Gasteiger partial charge in [0.15, 0.2) is 5.69 Å². The number of carbonyl (C=O) groups is 1. The summed E-state index contributed by atoms with van der Waals surface area (Å²) in [7, 11) is 1.76. The summed E-state index contributed by atoms with van der Waals surface area (Å²) in [6.07, 6.45) is 1.45. The third kappa shape index (κ3) is 4.68. The first-order chi connectivity index (χ1) is 11.4. The molecule has 1 aromatic heterocycles. The van der Waals surface area contributed by atoms with Crippen molar-refractivity contribution in [1.29, 1.82) is 0 Å². The maximum atomic E-state index is 12.1. The van der Waals surface area contributed by atoms with Crippen LogP contribution in [-0.4, -0.2) is 40.3 Å². The molecule has 2 rings (SSSR count). The lowest BCUT2D eigenvalue weighted by molar-refractivity contribution is 0.0796. The molecule has 5 nitrogen and oxygen atoms in total. The summed E-state index contributed by atoms with van der Waals surface area (Å²) in [4.78, 5) is 20.4. The van der Waals surface area contributed by atoms with Gasteiger partial charge in [0.05, 0.1) is 6.54 Å². The Labute approximate surface area is 144 Å². The predicted octanol–water partition coefficient (Wildman–Crippen LogP) is 3.49. The second-order valence-corrected chi connectivity index (χ2v) is 6.43. The SMILES string of the molecule is CCN(C)C(=O)c1coc(CN(Cc2cccc(C)c2)C(C)C)n1. The molecule has 130 valence electrons. The van der Waals surface area contributed by atoms with E-state index in [4.69, 9.17) is 4.42 Å². The third-order valence-corrected chi connectivity index (χ3v) is 4.13. The van der Waals surface area contributed by atoms with Crippen molar-refractivity contribution in [1.82, 2.24) is 14.8 Å². The lowest BCUT2D eigenvalue weighted by Crippen LogP contribution is -2.30. The highest BCUT2D eigenvalue weighted by Crippen LogP contribution is 2.15. The van der Waals surface area contributed by atoms with Gasteiger partial charge in [-0.25, -0.2) is 4.98 Å². The highest BCUT2D eigenvalue weighted by molar-refractivity contribution is 5.91. The summed E-state index contributed by atoms with van der Waals surface area (Å²) < 4.78 is 5.52. The van der Waals surface area contributed by atoms with E-state index in [1.165, 1.54) is 17.4 Å². The highest BCUT2D eigenvalue weighted by atomic mass is 16.3. The minimum Gasteiger partial charge on any atom is -0.447 e. The van der Waals surface area contributed by atoms with Crippen LogP contribution in [0.5, 0.6) is 0 Å². The van der Waals surface area contributed by atoms with Crippen LogP contribution >= 0.6 is 0 Å². The molecular weight excluding hydrogens is 302 g/mol. The minimum atomic E-state index is -0.109. The molecule has 0 fully saturated rings. The highest BCUT2D eigenvalue weighted by Gasteiger charge is 2.18. The first kappa shape index (κ1) is 18.2. The summed E-state index contributed by atoms with van der Waals surface area (Å²) in [5.74, 6) is 0.464. The zero-order chi connectivity index (χ0) is 17.7. The standard InChI is InChI=1S/C19H27N3O2/c1-6-21(5)19(23)17-13-24-18(20-17)12-22(14(2)3)11-16-9-7-8-15(4)10-16/h7-10,13-14H,6,11-12H2,1-5H3. The summed E-state index contributed by atoms with van der Waals surface area (Å²) >= 11 is 0. The van der Waals surface area contributed by atoms with Crippen LogP contribution in [-0.2, 0) is 13.1 Å². The Hall–Kier alpha value is -2.14. The van der Waals surface area contributed by atoms with Gasteiger partial charge in [0.25, 0.3) is 5.91 Å². The van der Waals surface area contributed by atoms with E-state index in [1.807, 2.05) is 6.92 Å². The quantitative estimate of drug-likeness (QED) is 0.780. The van der Waals surface area contributed by atoms with Crippen molar-refractivity contribution in [3.63, 3.8) is 0 Å².